The average Bonchev–Trinajstić information content (AvgIpc) is 2.33. The Bertz CT molecular complexity index is 164. The fourth-order valence-electron chi connectivity index (χ4n) is 0.731. The highest BCUT2D eigenvalue weighted by molar-refractivity contribution is 7.86. The van der Waals surface area contributed by atoms with E-state index in [1.807, 2.05) is 0 Å². The zero-order chi connectivity index (χ0) is 6.69. The third-order valence-corrected chi connectivity index (χ3v) is 4.62. The van der Waals surface area contributed by atoms with Gasteiger partial charge >= 0.3 is 0 Å². The van der Waals surface area contributed by atoms with Crippen molar-refractivity contribution in [3.05, 3.63) is 23.2 Å². The van der Waals surface area contributed by atoms with Crippen LogP contribution < -0.4 is 0 Å². The molecule has 1 rings (SSSR count). The lowest BCUT2D eigenvalue weighted by Crippen LogP contribution is -1.64. The molecule has 0 aromatic carbocycles. The van der Waals surface area contributed by atoms with E-state index in [2.05, 4.69) is 43.2 Å². The van der Waals surface area contributed by atoms with E-state index in [1.54, 1.807) is 0 Å². The van der Waals surface area contributed by atoms with E-state index >= 15 is 0 Å². The quantitative estimate of drug-likeness (QED) is 0.636. The predicted molar refractivity (Wildman–Crippen MR) is 50.8 cm³/mol. The van der Waals surface area contributed by atoms with Crippen LogP contribution in [0.1, 0.15) is 5.30 Å². The number of hydrogen-bond acceptors (Lipinski definition) is 2. The first kappa shape index (κ1) is 7.59. The van der Waals surface area contributed by atoms with E-state index in [9.17, 15) is 0 Å². The molecule has 9 heavy (non-hydrogen) atoms. The van der Waals surface area contributed by atoms with Crippen LogP contribution in [0.4, 0.5) is 0 Å². The Labute approximate surface area is 67.5 Å². The molecule has 1 heterocycles. The van der Waals surface area contributed by atoms with E-state index < -0.39 is 0 Å². The summed E-state index contributed by atoms with van der Waals surface area (Å²) in [5, 5.41) is 1.45. The Morgan fingerprint density at radius 1 is 1.44 bits per heavy atom. The summed E-state index contributed by atoms with van der Waals surface area (Å²) in [4.78, 5) is 0. The van der Waals surface area contributed by atoms with Crippen molar-refractivity contribution in [3.63, 3.8) is 0 Å². The van der Waals surface area contributed by atoms with Gasteiger partial charge in [0.05, 0.1) is 0 Å². The summed E-state index contributed by atoms with van der Waals surface area (Å²) < 4.78 is 0. The molecule has 1 aromatic rings. The van der Waals surface area contributed by atoms with Gasteiger partial charge in [0.25, 0.3) is 0 Å². The van der Waals surface area contributed by atoms with Crippen molar-refractivity contribution in [2.45, 2.75) is 11.2 Å². The summed E-state index contributed by atoms with van der Waals surface area (Å²) in [6.45, 7) is 0. The minimum atomic E-state index is -0.0381. The van der Waals surface area contributed by atoms with E-state index in [0.29, 0.717) is 0 Å². The molecule has 0 nitrogen and oxygen atoms in total. The van der Waals surface area contributed by atoms with Crippen molar-refractivity contribution in [2.75, 3.05) is 0 Å². The second-order valence-corrected chi connectivity index (χ2v) is 5.03. The summed E-state index contributed by atoms with van der Waals surface area (Å²) in [6, 6.07) is 4.25. The van der Waals surface area contributed by atoms with E-state index in [0.717, 1.165) is 11.2 Å². The molecular weight excluding hydrogens is 167 g/mol. The first-order valence-corrected chi connectivity index (χ1v) is 5.60. The largest absolute Gasteiger partial charge is 0.174 e. The maximum Gasteiger partial charge on any atom is 0.0291 e. The Morgan fingerprint density at radius 3 is 2.67 bits per heavy atom. The van der Waals surface area contributed by atoms with Crippen LogP contribution in [0.3, 0.4) is 0 Å². The normalized spacial score (nSPS) is 12.0. The summed E-state index contributed by atoms with van der Waals surface area (Å²) in [5.74, 6) is 3.12. The fraction of sp³-hybridized carbons (Fsp3) is 0.333. The summed E-state index contributed by atoms with van der Waals surface area (Å²) in [5.41, 5.74) is 0.970. The van der Waals surface area contributed by atoms with Crippen LogP contribution in [-0.4, -0.2) is 0 Å². The Kier molecular flexibility index (Phi) is 3.03. The van der Waals surface area contributed by atoms with Crippen molar-refractivity contribution in [3.8, 4) is 0 Å². The van der Waals surface area contributed by atoms with Gasteiger partial charge in [-0.05, 0) is 11.1 Å². The highest BCUT2D eigenvalue weighted by atomic mass is 32.1. The van der Waals surface area contributed by atoms with Gasteiger partial charge in [-0.3, -0.25) is 0 Å². The maximum absolute atomic E-state index is 4.23. The standard InChI is InChI=1S/C6H9PS2/c8-4-6-2-1-3-7(6)5-9/h1-3,8-9H,4-5H2. The molecule has 1 aromatic heterocycles. The van der Waals surface area contributed by atoms with Crippen LogP contribution in [0.15, 0.2) is 17.9 Å². The molecule has 0 aliphatic carbocycles. The lowest BCUT2D eigenvalue weighted by atomic mass is 10.5. The van der Waals surface area contributed by atoms with Crippen molar-refractivity contribution in [1.29, 1.82) is 0 Å². The van der Waals surface area contributed by atoms with Crippen LogP contribution in [0.5, 0.6) is 0 Å². The minimum absolute atomic E-state index is 0.0381. The molecule has 0 N–H and O–H groups in total. The molecule has 1 unspecified atom stereocenters. The predicted octanol–water partition coefficient (Wildman–Crippen LogP) is 2.99. The van der Waals surface area contributed by atoms with Crippen molar-refractivity contribution < 1.29 is 0 Å². The first-order valence-electron chi connectivity index (χ1n) is 2.74. The van der Waals surface area contributed by atoms with Gasteiger partial charge in [0.15, 0.2) is 0 Å². The van der Waals surface area contributed by atoms with Crippen molar-refractivity contribution in [1.82, 2.24) is 0 Å². The van der Waals surface area contributed by atoms with Crippen LogP contribution >= 0.6 is 32.8 Å². The smallest absolute Gasteiger partial charge is 0.0291 e. The van der Waals surface area contributed by atoms with Crippen LogP contribution in [0.2, 0.25) is 0 Å². The lowest BCUT2D eigenvalue weighted by Gasteiger charge is -1.94. The third kappa shape index (κ3) is 1.70. The second kappa shape index (κ2) is 3.60. The first-order chi connectivity index (χ1) is 4.38. The van der Waals surface area contributed by atoms with Crippen molar-refractivity contribution in [2.24, 2.45) is 0 Å². The summed E-state index contributed by atoms with van der Waals surface area (Å²) >= 11 is 8.43. The van der Waals surface area contributed by atoms with Crippen molar-refractivity contribution >= 4 is 32.8 Å². The molecule has 0 fully saturated rings. The Morgan fingerprint density at radius 2 is 2.22 bits per heavy atom. The molecule has 1 atom stereocenters. The molecule has 0 spiro atoms. The highest BCUT2D eigenvalue weighted by Crippen LogP contribution is 2.36. The van der Waals surface area contributed by atoms with E-state index in [1.165, 1.54) is 5.30 Å². The summed E-state index contributed by atoms with van der Waals surface area (Å²) in [7, 11) is -0.0381. The Balaban J connectivity index is 2.85. The molecule has 0 aliphatic heterocycles. The molecular formula is C6H9PS2. The zero-order valence-corrected chi connectivity index (χ0v) is 7.67. The van der Waals surface area contributed by atoms with Gasteiger partial charge in [-0.15, -0.1) is 7.53 Å². The highest BCUT2D eigenvalue weighted by Gasteiger charge is 1.95. The second-order valence-electron chi connectivity index (χ2n) is 1.77. The maximum atomic E-state index is 4.23. The molecule has 0 radical (unpaired) electrons. The summed E-state index contributed by atoms with van der Waals surface area (Å²) in [6.07, 6.45) is 0. The third-order valence-electron chi connectivity index (χ3n) is 1.24. The monoisotopic (exact) mass is 176 g/mol. The topological polar surface area (TPSA) is 0 Å². The van der Waals surface area contributed by atoms with Gasteiger partial charge in [0.2, 0.25) is 0 Å². The minimum Gasteiger partial charge on any atom is -0.174 e. The van der Waals surface area contributed by atoms with Gasteiger partial charge in [0.1, 0.15) is 0 Å². The van der Waals surface area contributed by atoms with Gasteiger partial charge in [-0.1, -0.05) is 12.1 Å². The SMILES string of the molecule is SCc1cccp1CS. The van der Waals surface area contributed by atoms with E-state index in [-0.39, 0.29) is 7.53 Å². The van der Waals surface area contributed by atoms with Crippen LogP contribution in [0, 0.1) is 0 Å². The molecule has 3 heteroatoms. The van der Waals surface area contributed by atoms with E-state index in [4.69, 9.17) is 0 Å². The van der Waals surface area contributed by atoms with Gasteiger partial charge in [-0.2, -0.15) is 25.3 Å². The average molecular weight is 176 g/mol. The molecule has 0 bridgehead atoms. The van der Waals surface area contributed by atoms with Gasteiger partial charge in [-0.25, -0.2) is 0 Å². The molecule has 0 aliphatic rings. The number of rotatable bonds is 2. The zero-order valence-electron chi connectivity index (χ0n) is 4.99. The lowest BCUT2D eigenvalue weighted by molar-refractivity contribution is 1.56. The molecule has 0 amide bonds. The number of hydrogen-bond donors (Lipinski definition) is 2. The molecule has 50 valence electrons. The molecule has 0 saturated heterocycles. The number of thiol groups is 2. The Hall–Kier alpha value is 0.480. The van der Waals surface area contributed by atoms with Crippen LogP contribution in [-0.2, 0) is 11.2 Å². The fourth-order valence-corrected chi connectivity index (χ4v) is 3.43. The van der Waals surface area contributed by atoms with Gasteiger partial charge in [0, 0.05) is 11.2 Å². The van der Waals surface area contributed by atoms with Crippen LogP contribution in [0.25, 0.3) is 0 Å². The molecule has 0 saturated carbocycles. The van der Waals surface area contributed by atoms with Gasteiger partial charge < -0.3 is 0 Å².